The Morgan fingerprint density at radius 3 is 2.89 bits per heavy atom. The van der Waals surface area contributed by atoms with E-state index in [1.165, 1.54) is 11.1 Å². The van der Waals surface area contributed by atoms with Crippen molar-refractivity contribution < 1.29 is 0 Å². The van der Waals surface area contributed by atoms with Crippen molar-refractivity contribution in [3.63, 3.8) is 0 Å². The van der Waals surface area contributed by atoms with Gasteiger partial charge in [0.2, 0.25) is 0 Å². The van der Waals surface area contributed by atoms with Gasteiger partial charge in [-0.25, -0.2) is 9.97 Å². The number of rotatable bonds is 6. The fourth-order valence-electron chi connectivity index (χ4n) is 1.73. The summed E-state index contributed by atoms with van der Waals surface area (Å²) in [5.74, 6) is 1.84. The van der Waals surface area contributed by atoms with Crippen molar-refractivity contribution in [3.05, 3.63) is 47.8 Å². The van der Waals surface area contributed by atoms with E-state index in [4.69, 9.17) is 0 Å². The van der Waals surface area contributed by atoms with Crippen molar-refractivity contribution >= 4 is 17.6 Å². The molecule has 0 amide bonds. The molecule has 0 aliphatic carbocycles. The van der Waals surface area contributed by atoms with Gasteiger partial charge in [0, 0.05) is 18.4 Å². The van der Waals surface area contributed by atoms with Crippen molar-refractivity contribution in [2.75, 3.05) is 11.9 Å². The van der Waals surface area contributed by atoms with Gasteiger partial charge in [-0.1, -0.05) is 36.8 Å². The number of nitrogens with one attached hydrogen (secondary N) is 1. The maximum atomic E-state index is 4.30. The van der Waals surface area contributed by atoms with Crippen LogP contribution in [0.1, 0.15) is 24.5 Å². The molecule has 0 unspecified atom stereocenters. The SMILES string of the molecule is CCCNc1cc(SCc2cccc(C)c2)ncn1. The van der Waals surface area contributed by atoms with E-state index in [0.29, 0.717) is 0 Å². The molecule has 0 bridgehead atoms. The number of thioether (sulfide) groups is 1. The molecule has 0 radical (unpaired) electrons. The van der Waals surface area contributed by atoms with Gasteiger partial charge in [-0.3, -0.25) is 0 Å². The lowest BCUT2D eigenvalue weighted by Gasteiger charge is -2.06. The predicted octanol–water partition coefficient (Wildman–Crippen LogP) is 3.90. The van der Waals surface area contributed by atoms with E-state index in [0.717, 1.165) is 29.6 Å². The first-order valence-corrected chi connectivity index (χ1v) is 7.50. The Morgan fingerprint density at radius 2 is 2.11 bits per heavy atom. The third-order valence-corrected chi connectivity index (χ3v) is 3.66. The maximum Gasteiger partial charge on any atom is 0.130 e. The smallest absolute Gasteiger partial charge is 0.130 e. The Bertz CT molecular complexity index is 528. The van der Waals surface area contributed by atoms with Crippen LogP contribution >= 0.6 is 11.8 Å². The summed E-state index contributed by atoms with van der Waals surface area (Å²) < 4.78 is 0. The fourth-order valence-corrected chi connectivity index (χ4v) is 2.54. The number of anilines is 1. The molecule has 2 aromatic rings. The van der Waals surface area contributed by atoms with Gasteiger partial charge in [0.25, 0.3) is 0 Å². The average Bonchev–Trinajstić information content (AvgIpc) is 2.43. The number of nitrogens with zero attached hydrogens (tertiary/aromatic N) is 2. The Morgan fingerprint density at radius 1 is 1.21 bits per heavy atom. The van der Waals surface area contributed by atoms with Gasteiger partial charge in [-0.15, -0.1) is 11.8 Å². The van der Waals surface area contributed by atoms with Gasteiger partial charge < -0.3 is 5.32 Å². The van der Waals surface area contributed by atoms with E-state index in [2.05, 4.69) is 53.4 Å². The van der Waals surface area contributed by atoms with E-state index in [1.807, 2.05) is 6.07 Å². The minimum Gasteiger partial charge on any atom is -0.370 e. The molecule has 2 rings (SSSR count). The molecule has 19 heavy (non-hydrogen) atoms. The molecular formula is C15H19N3S. The monoisotopic (exact) mass is 273 g/mol. The zero-order valence-electron chi connectivity index (χ0n) is 11.4. The van der Waals surface area contributed by atoms with Gasteiger partial charge in [0.05, 0.1) is 0 Å². The number of hydrogen-bond donors (Lipinski definition) is 1. The molecule has 0 fully saturated rings. The third-order valence-electron chi connectivity index (χ3n) is 2.67. The molecular weight excluding hydrogens is 254 g/mol. The van der Waals surface area contributed by atoms with Crippen LogP contribution in [0, 0.1) is 6.92 Å². The standard InChI is InChI=1S/C15H19N3S/c1-3-7-16-14-9-15(18-11-17-14)19-10-13-6-4-5-12(2)8-13/h4-6,8-9,11H,3,7,10H2,1-2H3,(H,16,17,18). The summed E-state index contributed by atoms with van der Waals surface area (Å²) in [5.41, 5.74) is 2.62. The van der Waals surface area contributed by atoms with E-state index in [9.17, 15) is 0 Å². The Hall–Kier alpha value is -1.55. The summed E-state index contributed by atoms with van der Waals surface area (Å²) in [4.78, 5) is 8.51. The molecule has 0 aliphatic rings. The number of benzene rings is 1. The van der Waals surface area contributed by atoms with Crippen LogP contribution < -0.4 is 5.32 Å². The highest BCUT2D eigenvalue weighted by Gasteiger charge is 2.00. The van der Waals surface area contributed by atoms with Crippen molar-refractivity contribution in [2.45, 2.75) is 31.0 Å². The average molecular weight is 273 g/mol. The lowest BCUT2D eigenvalue weighted by Crippen LogP contribution is -2.02. The molecule has 1 N–H and O–H groups in total. The van der Waals surface area contributed by atoms with Gasteiger partial charge in [-0.2, -0.15) is 0 Å². The van der Waals surface area contributed by atoms with Gasteiger partial charge in [-0.05, 0) is 18.9 Å². The first kappa shape index (κ1) is 13.9. The first-order chi connectivity index (χ1) is 9.28. The molecule has 0 saturated heterocycles. The molecule has 4 heteroatoms. The van der Waals surface area contributed by atoms with Crippen molar-refractivity contribution in [3.8, 4) is 0 Å². The van der Waals surface area contributed by atoms with Crippen molar-refractivity contribution in [1.82, 2.24) is 9.97 Å². The van der Waals surface area contributed by atoms with Crippen LogP contribution in [0.15, 0.2) is 41.7 Å². The summed E-state index contributed by atoms with van der Waals surface area (Å²) in [6.45, 7) is 5.20. The molecule has 0 aliphatic heterocycles. The van der Waals surface area contributed by atoms with Crippen LogP contribution in [0.25, 0.3) is 0 Å². The highest BCUT2D eigenvalue weighted by molar-refractivity contribution is 7.98. The van der Waals surface area contributed by atoms with Crippen LogP contribution in [0.4, 0.5) is 5.82 Å². The Balaban J connectivity index is 1.95. The molecule has 1 aromatic carbocycles. The Labute approximate surface area is 118 Å². The fraction of sp³-hybridized carbons (Fsp3) is 0.333. The van der Waals surface area contributed by atoms with E-state index >= 15 is 0 Å². The maximum absolute atomic E-state index is 4.30. The second-order valence-electron chi connectivity index (χ2n) is 4.45. The third kappa shape index (κ3) is 4.56. The number of aromatic nitrogens is 2. The molecule has 3 nitrogen and oxygen atoms in total. The number of aryl methyl sites for hydroxylation is 1. The summed E-state index contributed by atoms with van der Waals surface area (Å²) >= 11 is 1.74. The first-order valence-electron chi connectivity index (χ1n) is 6.52. The molecule has 100 valence electrons. The van der Waals surface area contributed by atoms with Crippen LogP contribution in [0.5, 0.6) is 0 Å². The van der Waals surface area contributed by atoms with E-state index in [-0.39, 0.29) is 0 Å². The predicted molar refractivity (Wildman–Crippen MR) is 81.6 cm³/mol. The topological polar surface area (TPSA) is 37.8 Å². The van der Waals surface area contributed by atoms with E-state index < -0.39 is 0 Å². The van der Waals surface area contributed by atoms with Crippen LogP contribution in [0.2, 0.25) is 0 Å². The van der Waals surface area contributed by atoms with Crippen LogP contribution in [-0.2, 0) is 5.75 Å². The van der Waals surface area contributed by atoms with Crippen molar-refractivity contribution in [2.24, 2.45) is 0 Å². The molecule has 1 aromatic heterocycles. The molecule has 1 heterocycles. The summed E-state index contributed by atoms with van der Waals surface area (Å²) in [7, 11) is 0. The van der Waals surface area contributed by atoms with Crippen LogP contribution in [-0.4, -0.2) is 16.5 Å². The molecule has 0 atom stereocenters. The van der Waals surface area contributed by atoms with Gasteiger partial charge in [0.15, 0.2) is 0 Å². The van der Waals surface area contributed by atoms with Gasteiger partial charge in [0.1, 0.15) is 17.2 Å². The van der Waals surface area contributed by atoms with Crippen LogP contribution in [0.3, 0.4) is 0 Å². The summed E-state index contributed by atoms with van der Waals surface area (Å²) in [5, 5.41) is 4.29. The summed E-state index contributed by atoms with van der Waals surface area (Å²) in [6.07, 6.45) is 2.71. The minimum atomic E-state index is 0.906. The van der Waals surface area contributed by atoms with E-state index in [1.54, 1.807) is 18.1 Å². The quantitative estimate of drug-likeness (QED) is 0.640. The normalized spacial score (nSPS) is 10.4. The highest BCUT2D eigenvalue weighted by atomic mass is 32.2. The van der Waals surface area contributed by atoms with Gasteiger partial charge >= 0.3 is 0 Å². The zero-order valence-corrected chi connectivity index (χ0v) is 12.2. The largest absolute Gasteiger partial charge is 0.370 e. The molecule has 0 saturated carbocycles. The second-order valence-corrected chi connectivity index (χ2v) is 5.44. The van der Waals surface area contributed by atoms with Crippen molar-refractivity contribution in [1.29, 1.82) is 0 Å². The summed E-state index contributed by atoms with van der Waals surface area (Å²) in [6, 6.07) is 10.6. The second kappa shape index (κ2) is 7.14. The lowest BCUT2D eigenvalue weighted by atomic mass is 10.2. The molecule has 0 spiro atoms. The number of hydrogen-bond acceptors (Lipinski definition) is 4. The lowest BCUT2D eigenvalue weighted by molar-refractivity contribution is 0.953. The minimum absolute atomic E-state index is 0.906. The highest BCUT2D eigenvalue weighted by Crippen LogP contribution is 2.22. The Kier molecular flexibility index (Phi) is 5.21. The zero-order chi connectivity index (χ0) is 13.5.